The van der Waals surface area contributed by atoms with E-state index < -0.39 is 0 Å². The molecule has 0 bridgehead atoms. The van der Waals surface area contributed by atoms with Crippen LogP contribution in [0.15, 0.2) is 30.7 Å². The number of fused-ring (bicyclic) bond motifs is 1. The number of nitrogens with one attached hydrogen (secondary N) is 2. The molecule has 2 heterocycles. The first kappa shape index (κ1) is 16.2. The van der Waals surface area contributed by atoms with Gasteiger partial charge in [0.25, 0.3) is 0 Å². The Hall–Kier alpha value is -2.67. The van der Waals surface area contributed by atoms with E-state index in [0.717, 1.165) is 17.7 Å². The average Bonchev–Trinajstić information content (AvgIpc) is 3.00. The number of amides is 1. The van der Waals surface area contributed by atoms with Crippen LogP contribution in [0.1, 0.15) is 25.3 Å². The van der Waals surface area contributed by atoms with Crippen molar-refractivity contribution in [3.8, 4) is 5.69 Å². The minimum absolute atomic E-state index is 0.0951. The van der Waals surface area contributed by atoms with Crippen LogP contribution in [0.5, 0.6) is 0 Å². The molecule has 0 aliphatic carbocycles. The zero-order valence-corrected chi connectivity index (χ0v) is 14.1. The van der Waals surface area contributed by atoms with Crippen LogP contribution < -0.4 is 10.9 Å². The molecule has 24 heavy (non-hydrogen) atoms. The van der Waals surface area contributed by atoms with E-state index in [2.05, 4.69) is 25.9 Å². The van der Waals surface area contributed by atoms with E-state index in [4.69, 9.17) is 11.6 Å². The highest BCUT2D eigenvalue weighted by Crippen LogP contribution is 2.24. The lowest BCUT2D eigenvalue weighted by atomic mass is 10.2. The first-order chi connectivity index (χ1) is 11.6. The lowest BCUT2D eigenvalue weighted by molar-refractivity contribution is -0.120. The fourth-order valence-corrected chi connectivity index (χ4v) is 2.52. The molecule has 0 fully saturated rings. The summed E-state index contributed by atoms with van der Waals surface area (Å²) in [6.07, 6.45) is 4.31. The van der Waals surface area contributed by atoms with Gasteiger partial charge in [0.05, 0.1) is 17.3 Å². The second-order valence-corrected chi connectivity index (χ2v) is 5.81. The number of rotatable bonds is 5. The van der Waals surface area contributed by atoms with Gasteiger partial charge in [-0.15, -0.1) is 0 Å². The standard InChI is InChI=1S/C16H17ClN6O/c1-3-4-14(24)21-22-15-12-8-20-23(16(12)19-9-18-15)13-7-11(17)6-5-10(13)2/h5-9H,3-4H2,1-2H3,(H,21,24)(H,18,19,22). The average molecular weight is 345 g/mol. The van der Waals surface area contributed by atoms with Crippen molar-refractivity contribution in [2.24, 2.45) is 0 Å². The summed E-state index contributed by atoms with van der Waals surface area (Å²) in [4.78, 5) is 20.1. The van der Waals surface area contributed by atoms with Crippen molar-refractivity contribution >= 4 is 34.4 Å². The van der Waals surface area contributed by atoms with Crippen LogP contribution in [0.3, 0.4) is 0 Å². The molecule has 2 aromatic heterocycles. The van der Waals surface area contributed by atoms with Gasteiger partial charge < -0.3 is 0 Å². The van der Waals surface area contributed by atoms with Crippen molar-refractivity contribution < 1.29 is 4.79 Å². The van der Waals surface area contributed by atoms with Gasteiger partial charge in [-0.25, -0.2) is 14.6 Å². The maximum absolute atomic E-state index is 11.6. The fraction of sp³-hybridized carbons (Fsp3) is 0.250. The maximum atomic E-state index is 11.6. The molecule has 1 aromatic carbocycles. The van der Waals surface area contributed by atoms with E-state index in [1.807, 2.05) is 32.0 Å². The first-order valence-corrected chi connectivity index (χ1v) is 7.98. The number of anilines is 1. The van der Waals surface area contributed by atoms with Crippen molar-refractivity contribution in [2.75, 3.05) is 5.43 Å². The third kappa shape index (κ3) is 3.16. The van der Waals surface area contributed by atoms with Crippen LogP contribution in [0.25, 0.3) is 16.7 Å². The molecular formula is C16H17ClN6O. The molecule has 0 saturated heterocycles. The second-order valence-electron chi connectivity index (χ2n) is 5.37. The number of aryl methyl sites for hydroxylation is 1. The van der Waals surface area contributed by atoms with E-state index in [1.165, 1.54) is 6.33 Å². The quantitative estimate of drug-likeness (QED) is 0.695. The van der Waals surface area contributed by atoms with Crippen LogP contribution in [0.2, 0.25) is 5.02 Å². The molecule has 0 radical (unpaired) electrons. The van der Waals surface area contributed by atoms with Crippen molar-refractivity contribution in [2.45, 2.75) is 26.7 Å². The van der Waals surface area contributed by atoms with E-state index in [9.17, 15) is 4.79 Å². The van der Waals surface area contributed by atoms with Gasteiger partial charge in [-0.05, 0) is 31.0 Å². The molecular weight excluding hydrogens is 328 g/mol. The van der Waals surface area contributed by atoms with Crippen molar-refractivity contribution in [3.63, 3.8) is 0 Å². The third-order valence-corrected chi connectivity index (χ3v) is 3.80. The molecule has 3 rings (SSSR count). The van der Waals surface area contributed by atoms with Crippen molar-refractivity contribution in [1.29, 1.82) is 0 Å². The highest BCUT2D eigenvalue weighted by atomic mass is 35.5. The van der Waals surface area contributed by atoms with Gasteiger partial charge in [-0.3, -0.25) is 15.6 Å². The predicted molar refractivity (Wildman–Crippen MR) is 93.1 cm³/mol. The molecule has 0 aliphatic rings. The number of nitrogens with zero attached hydrogens (tertiary/aromatic N) is 4. The summed E-state index contributed by atoms with van der Waals surface area (Å²) in [5.41, 5.74) is 7.95. The Kier molecular flexibility index (Phi) is 4.61. The van der Waals surface area contributed by atoms with Crippen LogP contribution >= 0.6 is 11.6 Å². The van der Waals surface area contributed by atoms with Crippen LogP contribution in [0.4, 0.5) is 5.82 Å². The summed E-state index contributed by atoms with van der Waals surface area (Å²) in [5.74, 6) is 0.401. The Morgan fingerprint density at radius 1 is 1.33 bits per heavy atom. The molecule has 1 amide bonds. The molecule has 2 N–H and O–H groups in total. The largest absolute Gasteiger partial charge is 0.281 e. The molecule has 0 aliphatic heterocycles. The van der Waals surface area contributed by atoms with Crippen LogP contribution in [-0.4, -0.2) is 25.7 Å². The van der Waals surface area contributed by atoms with E-state index in [0.29, 0.717) is 28.3 Å². The summed E-state index contributed by atoms with van der Waals surface area (Å²) >= 11 is 6.10. The number of carbonyl (C=O) groups excluding carboxylic acids is 1. The van der Waals surface area contributed by atoms with Gasteiger partial charge in [0.15, 0.2) is 11.5 Å². The Balaban J connectivity index is 1.97. The lowest BCUT2D eigenvalue weighted by Gasteiger charge is -2.09. The molecule has 0 spiro atoms. The highest BCUT2D eigenvalue weighted by Gasteiger charge is 2.13. The normalized spacial score (nSPS) is 10.8. The number of hydrogen-bond acceptors (Lipinski definition) is 5. The smallest absolute Gasteiger partial charge is 0.238 e. The zero-order chi connectivity index (χ0) is 17.1. The number of hydrazine groups is 1. The SMILES string of the molecule is CCCC(=O)NNc1ncnc2c1cnn2-c1cc(Cl)ccc1C. The lowest BCUT2D eigenvalue weighted by Crippen LogP contribution is -2.29. The van der Waals surface area contributed by atoms with Crippen molar-refractivity contribution in [1.82, 2.24) is 25.2 Å². The molecule has 3 aromatic rings. The van der Waals surface area contributed by atoms with E-state index >= 15 is 0 Å². The number of aromatic nitrogens is 4. The van der Waals surface area contributed by atoms with Gasteiger partial charge in [0.2, 0.25) is 5.91 Å². The van der Waals surface area contributed by atoms with Gasteiger partial charge in [0.1, 0.15) is 6.33 Å². The maximum Gasteiger partial charge on any atom is 0.238 e. The van der Waals surface area contributed by atoms with Gasteiger partial charge in [-0.1, -0.05) is 24.6 Å². The predicted octanol–water partition coefficient (Wildman–Crippen LogP) is 3.02. The molecule has 0 atom stereocenters. The van der Waals surface area contributed by atoms with E-state index in [1.54, 1.807) is 10.9 Å². The van der Waals surface area contributed by atoms with Gasteiger partial charge >= 0.3 is 0 Å². The molecule has 7 nitrogen and oxygen atoms in total. The van der Waals surface area contributed by atoms with Crippen molar-refractivity contribution in [3.05, 3.63) is 41.3 Å². The van der Waals surface area contributed by atoms with Crippen LogP contribution in [-0.2, 0) is 4.79 Å². The first-order valence-electron chi connectivity index (χ1n) is 7.60. The Morgan fingerprint density at radius 3 is 2.96 bits per heavy atom. The zero-order valence-electron chi connectivity index (χ0n) is 13.4. The summed E-state index contributed by atoms with van der Waals surface area (Å²) < 4.78 is 1.71. The molecule has 0 saturated carbocycles. The summed E-state index contributed by atoms with van der Waals surface area (Å²) in [6, 6.07) is 5.59. The van der Waals surface area contributed by atoms with Gasteiger partial charge in [-0.2, -0.15) is 5.10 Å². The molecule has 0 unspecified atom stereocenters. The Bertz CT molecular complexity index is 891. The second kappa shape index (κ2) is 6.84. The van der Waals surface area contributed by atoms with Gasteiger partial charge in [0, 0.05) is 11.4 Å². The fourth-order valence-electron chi connectivity index (χ4n) is 2.35. The van der Waals surface area contributed by atoms with E-state index in [-0.39, 0.29) is 5.91 Å². The minimum Gasteiger partial charge on any atom is -0.281 e. The molecule has 124 valence electrons. The minimum atomic E-state index is -0.0951. The summed E-state index contributed by atoms with van der Waals surface area (Å²) in [7, 11) is 0. The number of halogens is 1. The number of carbonyl (C=O) groups is 1. The topological polar surface area (TPSA) is 84.7 Å². The number of hydrogen-bond donors (Lipinski definition) is 2. The monoisotopic (exact) mass is 344 g/mol. The third-order valence-electron chi connectivity index (χ3n) is 3.56. The Labute approximate surface area is 144 Å². The summed E-state index contributed by atoms with van der Waals surface area (Å²) in [5, 5.41) is 5.72. The highest BCUT2D eigenvalue weighted by molar-refractivity contribution is 6.30. The number of benzene rings is 1. The Morgan fingerprint density at radius 2 is 2.17 bits per heavy atom. The summed E-state index contributed by atoms with van der Waals surface area (Å²) in [6.45, 7) is 3.92. The van der Waals surface area contributed by atoms with Crippen LogP contribution in [0, 0.1) is 6.92 Å². The molecule has 8 heteroatoms.